The fraction of sp³-hybridized carbons (Fsp3) is 1.00. The van der Waals surface area contributed by atoms with Crippen molar-refractivity contribution in [2.45, 2.75) is 45.1 Å². The summed E-state index contributed by atoms with van der Waals surface area (Å²) in [4.78, 5) is 0. The van der Waals surface area contributed by atoms with Crippen LogP contribution in [-0.2, 0) is 0 Å². The van der Waals surface area contributed by atoms with Gasteiger partial charge in [-0.3, -0.25) is 0 Å². The average molecular weight is 183 g/mol. The first-order valence-electron chi connectivity index (χ1n) is 5.58. The van der Waals surface area contributed by atoms with Crippen molar-refractivity contribution in [1.29, 1.82) is 0 Å². The minimum Gasteiger partial charge on any atom is -0.391 e. The highest BCUT2D eigenvalue weighted by molar-refractivity contribution is 4.89. The topological polar surface area (TPSA) is 32.3 Å². The van der Waals surface area contributed by atoms with E-state index in [9.17, 15) is 5.11 Å². The number of rotatable bonds is 2. The first-order chi connectivity index (χ1) is 6.20. The highest BCUT2D eigenvalue weighted by Crippen LogP contribution is 2.43. The number of β-amino-alcohol motifs (C(OH)–C–C–N with tert-alkyl or cyclic N) is 1. The molecule has 0 unspecified atom stereocenters. The van der Waals surface area contributed by atoms with E-state index in [2.05, 4.69) is 12.2 Å². The van der Waals surface area contributed by atoms with Gasteiger partial charge in [0.1, 0.15) is 0 Å². The molecule has 0 bridgehead atoms. The zero-order chi connectivity index (χ0) is 9.31. The van der Waals surface area contributed by atoms with Crippen molar-refractivity contribution < 1.29 is 5.11 Å². The van der Waals surface area contributed by atoms with Gasteiger partial charge in [-0.2, -0.15) is 0 Å². The molecule has 2 atom stereocenters. The normalized spacial score (nSPS) is 38.3. The van der Waals surface area contributed by atoms with Gasteiger partial charge in [0.2, 0.25) is 0 Å². The molecule has 1 aliphatic carbocycles. The molecule has 1 saturated carbocycles. The second kappa shape index (κ2) is 3.58. The van der Waals surface area contributed by atoms with Gasteiger partial charge in [0, 0.05) is 13.1 Å². The van der Waals surface area contributed by atoms with Crippen molar-refractivity contribution in [3.05, 3.63) is 0 Å². The molecule has 13 heavy (non-hydrogen) atoms. The molecular weight excluding hydrogens is 162 g/mol. The second-order valence-corrected chi connectivity index (χ2v) is 5.21. The minimum absolute atomic E-state index is 0.0857. The van der Waals surface area contributed by atoms with Gasteiger partial charge >= 0.3 is 0 Å². The van der Waals surface area contributed by atoms with Crippen LogP contribution in [0.1, 0.15) is 39.0 Å². The first-order valence-corrected chi connectivity index (χ1v) is 5.58. The lowest BCUT2D eigenvalue weighted by Crippen LogP contribution is -2.25. The molecule has 2 nitrogen and oxygen atoms in total. The fourth-order valence-electron chi connectivity index (χ4n) is 2.99. The third kappa shape index (κ3) is 2.05. The molecule has 0 aromatic carbocycles. The van der Waals surface area contributed by atoms with E-state index >= 15 is 0 Å². The Kier molecular flexibility index (Phi) is 2.61. The number of aliphatic hydroxyl groups is 1. The van der Waals surface area contributed by atoms with Crippen molar-refractivity contribution in [3.63, 3.8) is 0 Å². The Bertz CT molecular complexity index is 175. The molecule has 0 radical (unpaired) electrons. The lowest BCUT2D eigenvalue weighted by atomic mass is 9.78. The summed E-state index contributed by atoms with van der Waals surface area (Å²) in [6, 6.07) is 0. The van der Waals surface area contributed by atoms with Gasteiger partial charge in [-0.1, -0.05) is 19.8 Å². The number of hydrogen-bond acceptors (Lipinski definition) is 2. The Morgan fingerprint density at radius 2 is 2.00 bits per heavy atom. The van der Waals surface area contributed by atoms with Gasteiger partial charge in [0.05, 0.1) is 6.10 Å². The predicted octanol–water partition coefficient (Wildman–Crippen LogP) is 1.54. The Hall–Kier alpha value is -0.0800. The monoisotopic (exact) mass is 183 g/mol. The molecule has 2 N–H and O–H groups in total. The summed E-state index contributed by atoms with van der Waals surface area (Å²) in [7, 11) is 0. The summed E-state index contributed by atoms with van der Waals surface area (Å²) in [5.41, 5.74) is 0.539. The lowest BCUT2D eigenvalue weighted by Gasteiger charge is -2.28. The third-order valence-corrected chi connectivity index (χ3v) is 3.87. The van der Waals surface area contributed by atoms with Crippen molar-refractivity contribution in [2.24, 2.45) is 11.3 Å². The van der Waals surface area contributed by atoms with E-state index in [0.717, 1.165) is 13.1 Å². The fourth-order valence-corrected chi connectivity index (χ4v) is 2.99. The van der Waals surface area contributed by atoms with Crippen molar-refractivity contribution in [1.82, 2.24) is 5.32 Å². The minimum atomic E-state index is -0.0857. The van der Waals surface area contributed by atoms with E-state index in [-0.39, 0.29) is 6.10 Å². The Morgan fingerprint density at radius 3 is 2.54 bits per heavy atom. The molecule has 0 spiro atoms. The summed E-state index contributed by atoms with van der Waals surface area (Å²) in [5, 5.41) is 13.0. The van der Waals surface area contributed by atoms with Crippen LogP contribution in [0.5, 0.6) is 0 Å². The Balaban J connectivity index is 1.88. The van der Waals surface area contributed by atoms with E-state index < -0.39 is 0 Å². The number of nitrogens with one attached hydrogen (secondary N) is 1. The van der Waals surface area contributed by atoms with Crippen LogP contribution in [0.2, 0.25) is 0 Å². The third-order valence-electron chi connectivity index (χ3n) is 3.87. The van der Waals surface area contributed by atoms with E-state index in [0.29, 0.717) is 11.3 Å². The number of hydrogen-bond donors (Lipinski definition) is 2. The molecule has 1 saturated heterocycles. The quantitative estimate of drug-likeness (QED) is 0.680. The van der Waals surface area contributed by atoms with Crippen molar-refractivity contribution >= 4 is 0 Å². The highest BCUT2D eigenvalue weighted by atomic mass is 16.3. The molecule has 2 fully saturated rings. The van der Waals surface area contributed by atoms with Crippen LogP contribution in [0.25, 0.3) is 0 Å². The van der Waals surface area contributed by atoms with E-state index in [1.807, 2.05) is 0 Å². The van der Waals surface area contributed by atoms with Gasteiger partial charge in [-0.15, -0.1) is 0 Å². The van der Waals surface area contributed by atoms with E-state index in [4.69, 9.17) is 0 Å². The van der Waals surface area contributed by atoms with Crippen LogP contribution in [0.15, 0.2) is 0 Å². The molecule has 0 aromatic heterocycles. The average Bonchev–Trinajstić information content (AvgIpc) is 2.64. The van der Waals surface area contributed by atoms with Crippen LogP contribution in [0.4, 0.5) is 0 Å². The zero-order valence-corrected chi connectivity index (χ0v) is 8.55. The standard InChI is InChI=1S/C11H21NO/c1-11(4-2-3-5-11)6-9-7-12-8-10(9)13/h9-10,12-13H,2-8H2,1H3/t9-,10-/m1/s1. The summed E-state index contributed by atoms with van der Waals surface area (Å²) >= 11 is 0. The van der Waals surface area contributed by atoms with Gasteiger partial charge in [-0.05, 0) is 30.6 Å². The molecule has 2 heteroatoms. The molecule has 1 aliphatic heterocycles. The molecular formula is C11H21NO. The maximum absolute atomic E-state index is 9.70. The summed E-state index contributed by atoms with van der Waals surface area (Å²) in [6.45, 7) is 4.22. The van der Waals surface area contributed by atoms with Crippen LogP contribution in [-0.4, -0.2) is 24.3 Å². The van der Waals surface area contributed by atoms with Gasteiger partial charge in [0.15, 0.2) is 0 Å². The predicted molar refractivity (Wildman–Crippen MR) is 53.6 cm³/mol. The summed E-state index contributed by atoms with van der Waals surface area (Å²) < 4.78 is 0. The maximum atomic E-state index is 9.70. The van der Waals surface area contributed by atoms with Crippen LogP contribution < -0.4 is 5.32 Å². The number of aliphatic hydroxyl groups excluding tert-OH is 1. The SMILES string of the molecule is CC1(C[C@@H]2CNC[C@H]2O)CCCC1. The second-order valence-electron chi connectivity index (χ2n) is 5.21. The molecule has 0 amide bonds. The van der Waals surface area contributed by atoms with Gasteiger partial charge < -0.3 is 10.4 Å². The Morgan fingerprint density at radius 1 is 1.31 bits per heavy atom. The van der Waals surface area contributed by atoms with Crippen molar-refractivity contribution in [2.75, 3.05) is 13.1 Å². The zero-order valence-electron chi connectivity index (χ0n) is 8.55. The Labute approximate surface area is 80.7 Å². The van der Waals surface area contributed by atoms with Crippen LogP contribution >= 0.6 is 0 Å². The first kappa shape index (κ1) is 9.47. The highest BCUT2D eigenvalue weighted by Gasteiger charge is 2.35. The van der Waals surface area contributed by atoms with Gasteiger partial charge in [-0.25, -0.2) is 0 Å². The summed E-state index contributed by atoms with van der Waals surface area (Å²) in [5.74, 6) is 0.517. The van der Waals surface area contributed by atoms with Gasteiger partial charge in [0.25, 0.3) is 0 Å². The largest absolute Gasteiger partial charge is 0.391 e. The summed E-state index contributed by atoms with van der Waals surface area (Å²) in [6.07, 6.45) is 6.67. The molecule has 76 valence electrons. The van der Waals surface area contributed by atoms with Crippen LogP contribution in [0, 0.1) is 11.3 Å². The van der Waals surface area contributed by atoms with E-state index in [1.54, 1.807) is 0 Å². The maximum Gasteiger partial charge on any atom is 0.0705 e. The van der Waals surface area contributed by atoms with Crippen molar-refractivity contribution in [3.8, 4) is 0 Å². The molecule has 0 aromatic rings. The van der Waals surface area contributed by atoms with Crippen LogP contribution in [0.3, 0.4) is 0 Å². The molecule has 2 rings (SSSR count). The molecule has 1 heterocycles. The molecule has 2 aliphatic rings. The lowest BCUT2D eigenvalue weighted by molar-refractivity contribution is 0.112. The van der Waals surface area contributed by atoms with E-state index in [1.165, 1.54) is 32.1 Å². The smallest absolute Gasteiger partial charge is 0.0705 e.